The number of benzene rings is 2. The molecule has 10 heteroatoms. The molecule has 0 aliphatic carbocycles. The van der Waals surface area contributed by atoms with Gasteiger partial charge in [-0.1, -0.05) is 59.6 Å². The zero-order chi connectivity index (χ0) is 23.3. The van der Waals surface area contributed by atoms with Gasteiger partial charge in [0.2, 0.25) is 17.7 Å². The van der Waals surface area contributed by atoms with Crippen molar-refractivity contribution in [1.29, 1.82) is 0 Å². The Hall–Kier alpha value is -3.10. The molecular formula is C22H21Cl2N3O5. The molecule has 1 heterocycles. The lowest BCUT2D eigenvalue weighted by Crippen LogP contribution is -2.63. The van der Waals surface area contributed by atoms with Gasteiger partial charge in [-0.3, -0.25) is 14.4 Å². The standard InChI is InChI=1S/C22H21Cl2N3O5/c23-14-7-4-8-15(24)13(14)10-18(22(31)32)25-19(28)11-17-21(30)26-16(20(29)27-17)9-12-5-2-1-3-6-12/h1-8,16-18H,9-11H2,(H,25,28)(H,26,30)(H,27,29)(H,31,32)/t16-,17-,18-/m0/s1. The van der Waals surface area contributed by atoms with E-state index in [1.54, 1.807) is 18.2 Å². The van der Waals surface area contributed by atoms with Crippen LogP contribution in [0, 0.1) is 0 Å². The fourth-order valence-corrected chi connectivity index (χ4v) is 3.93. The Morgan fingerprint density at radius 2 is 1.53 bits per heavy atom. The summed E-state index contributed by atoms with van der Waals surface area (Å²) in [5, 5.41) is 17.6. The summed E-state index contributed by atoms with van der Waals surface area (Å²) in [6.07, 6.45) is -0.228. The van der Waals surface area contributed by atoms with E-state index >= 15 is 0 Å². The summed E-state index contributed by atoms with van der Waals surface area (Å²) in [5.74, 6) is -2.91. The number of hydrogen-bond acceptors (Lipinski definition) is 4. The predicted octanol–water partition coefficient (Wildman–Crippen LogP) is 1.72. The Morgan fingerprint density at radius 1 is 0.938 bits per heavy atom. The lowest BCUT2D eigenvalue weighted by molar-refractivity contribution is -0.142. The van der Waals surface area contributed by atoms with Crippen LogP contribution in [0.5, 0.6) is 0 Å². The zero-order valence-electron chi connectivity index (χ0n) is 16.8. The summed E-state index contributed by atoms with van der Waals surface area (Å²) in [5.41, 5.74) is 1.27. The van der Waals surface area contributed by atoms with Crippen LogP contribution in [0.15, 0.2) is 48.5 Å². The van der Waals surface area contributed by atoms with Gasteiger partial charge in [0.25, 0.3) is 0 Å². The molecule has 1 aliphatic rings. The molecule has 0 spiro atoms. The fraction of sp³-hybridized carbons (Fsp3) is 0.273. The molecule has 0 bridgehead atoms. The molecule has 0 unspecified atom stereocenters. The van der Waals surface area contributed by atoms with Crippen LogP contribution in [0.2, 0.25) is 10.0 Å². The van der Waals surface area contributed by atoms with Crippen molar-refractivity contribution in [1.82, 2.24) is 16.0 Å². The second-order valence-electron chi connectivity index (χ2n) is 7.38. The average molecular weight is 478 g/mol. The van der Waals surface area contributed by atoms with Gasteiger partial charge in [0.15, 0.2) is 0 Å². The first-order valence-corrected chi connectivity index (χ1v) is 10.6. The molecule has 3 rings (SSSR count). The van der Waals surface area contributed by atoms with Gasteiger partial charge in [-0.2, -0.15) is 0 Å². The number of nitrogens with one attached hydrogen (secondary N) is 3. The SMILES string of the molecule is O=C(C[C@@H]1NC(=O)[C@H](Cc2ccccc2)NC1=O)N[C@@H](Cc1c(Cl)cccc1Cl)C(=O)O. The molecule has 168 valence electrons. The molecule has 2 aromatic carbocycles. The summed E-state index contributed by atoms with van der Waals surface area (Å²) in [6, 6.07) is 10.8. The van der Waals surface area contributed by atoms with E-state index in [9.17, 15) is 24.3 Å². The molecular weight excluding hydrogens is 457 g/mol. The Morgan fingerprint density at radius 3 is 2.16 bits per heavy atom. The van der Waals surface area contributed by atoms with E-state index in [1.165, 1.54) is 0 Å². The van der Waals surface area contributed by atoms with Crippen molar-refractivity contribution in [2.75, 3.05) is 0 Å². The third-order valence-corrected chi connectivity index (χ3v) is 5.75. The topological polar surface area (TPSA) is 125 Å². The van der Waals surface area contributed by atoms with E-state index in [4.69, 9.17) is 23.2 Å². The number of rotatable bonds is 8. The van der Waals surface area contributed by atoms with Crippen LogP contribution in [0.3, 0.4) is 0 Å². The quantitative estimate of drug-likeness (QED) is 0.460. The van der Waals surface area contributed by atoms with Crippen LogP contribution in [0.1, 0.15) is 17.5 Å². The maximum atomic E-state index is 12.4. The van der Waals surface area contributed by atoms with Crippen LogP contribution in [-0.2, 0) is 32.0 Å². The molecule has 3 amide bonds. The minimum atomic E-state index is -1.31. The second-order valence-corrected chi connectivity index (χ2v) is 8.19. The number of piperazine rings is 1. The van der Waals surface area contributed by atoms with Gasteiger partial charge in [-0.05, 0) is 23.3 Å². The summed E-state index contributed by atoms with van der Waals surface area (Å²) in [7, 11) is 0. The van der Waals surface area contributed by atoms with Gasteiger partial charge in [0.05, 0.1) is 6.42 Å². The van der Waals surface area contributed by atoms with Crippen molar-refractivity contribution in [3.05, 3.63) is 69.7 Å². The largest absolute Gasteiger partial charge is 0.480 e. The Balaban J connectivity index is 1.59. The molecule has 1 aliphatic heterocycles. The zero-order valence-corrected chi connectivity index (χ0v) is 18.3. The van der Waals surface area contributed by atoms with Crippen molar-refractivity contribution in [2.24, 2.45) is 0 Å². The van der Waals surface area contributed by atoms with E-state index in [1.807, 2.05) is 30.3 Å². The number of carboxylic acids is 1. The van der Waals surface area contributed by atoms with Crippen LogP contribution >= 0.6 is 23.2 Å². The molecule has 0 radical (unpaired) electrons. The van der Waals surface area contributed by atoms with E-state index in [2.05, 4.69) is 16.0 Å². The van der Waals surface area contributed by atoms with Crippen molar-refractivity contribution >= 4 is 46.9 Å². The molecule has 0 aromatic heterocycles. The smallest absolute Gasteiger partial charge is 0.326 e. The predicted molar refractivity (Wildman–Crippen MR) is 118 cm³/mol. The van der Waals surface area contributed by atoms with Gasteiger partial charge in [0.1, 0.15) is 18.1 Å². The Kier molecular flexibility index (Phi) is 7.71. The number of carbonyl (C=O) groups excluding carboxylic acids is 3. The van der Waals surface area contributed by atoms with Gasteiger partial charge in [0, 0.05) is 22.9 Å². The van der Waals surface area contributed by atoms with E-state index < -0.39 is 48.2 Å². The lowest BCUT2D eigenvalue weighted by Gasteiger charge is -2.29. The van der Waals surface area contributed by atoms with Gasteiger partial charge in [-0.25, -0.2) is 4.79 Å². The van der Waals surface area contributed by atoms with E-state index in [-0.39, 0.29) is 16.5 Å². The minimum absolute atomic E-state index is 0.137. The first kappa shape index (κ1) is 23.6. The Bertz CT molecular complexity index is 1010. The first-order valence-electron chi connectivity index (χ1n) is 9.84. The number of carboxylic acid groups (broad SMARTS) is 1. The number of carbonyl (C=O) groups is 4. The van der Waals surface area contributed by atoms with Crippen molar-refractivity contribution in [3.8, 4) is 0 Å². The summed E-state index contributed by atoms with van der Waals surface area (Å²) >= 11 is 12.2. The molecule has 8 nitrogen and oxygen atoms in total. The first-order chi connectivity index (χ1) is 15.2. The molecule has 2 aromatic rings. The van der Waals surface area contributed by atoms with Crippen LogP contribution in [0.25, 0.3) is 0 Å². The van der Waals surface area contributed by atoms with Crippen molar-refractivity contribution in [3.63, 3.8) is 0 Å². The highest BCUT2D eigenvalue weighted by Crippen LogP contribution is 2.25. The lowest BCUT2D eigenvalue weighted by atomic mass is 10.0. The van der Waals surface area contributed by atoms with Crippen molar-refractivity contribution < 1.29 is 24.3 Å². The Labute approximate surface area is 194 Å². The molecule has 4 N–H and O–H groups in total. The highest BCUT2D eigenvalue weighted by Gasteiger charge is 2.35. The second kappa shape index (κ2) is 10.5. The maximum Gasteiger partial charge on any atom is 0.326 e. The third kappa shape index (κ3) is 5.99. The maximum absolute atomic E-state index is 12.4. The van der Waals surface area contributed by atoms with Gasteiger partial charge >= 0.3 is 5.97 Å². The molecule has 3 atom stereocenters. The van der Waals surface area contributed by atoms with Gasteiger partial charge < -0.3 is 21.1 Å². The fourth-order valence-electron chi connectivity index (χ4n) is 3.38. The molecule has 1 fully saturated rings. The van der Waals surface area contributed by atoms with Crippen LogP contribution in [-0.4, -0.2) is 46.9 Å². The van der Waals surface area contributed by atoms with Crippen LogP contribution in [0.4, 0.5) is 0 Å². The molecule has 0 saturated carbocycles. The monoisotopic (exact) mass is 477 g/mol. The minimum Gasteiger partial charge on any atom is -0.480 e. The van der Waals surface area contributed by atoms with E-state index in [0.29, 0.717) is 12.0 Å². The highest BCUT2D eigenvalue weighted by molar-refractivity contribution is 6.36. The summed E-state index contributed by atoms with van der Waals surface area (Å²) in [6.45, 7) is 0. The van der Waals surface area contributed by atoms with Gasteiger partial charge in [-0.15, -0.1) is 0 Å². The highest BCUT2D eigenvalue weighted by atomic mass is 35.5. The van der Waals surface area contributed by atoms with Crippen molar-refractivity contribution in [2.45, 2.75) is 37.4 Å². The molecule has 1 saturated heterocycles. The summed E-state index contributed by atoms with van der Waals surface area (Å²) in [4.78, 5) is 48.9. The number of hydrogen-bond donors (Lipinski definition) is 4. The third-order valence-electron chi connectivity index (χ3n) is 5.04. The number of amides is 3. The number of aliphatic carboxylic acids is 1. The molecule has 32 heavy (non-hydrogen) atoms. The van der Waals surface area contributed by atoms with E-state index in [0.717, 1.165) is 5.56 Å². The number of halogens is 2. The van der Waals surface area contributed by atoms with Crippen LogP contribution < -0.4 is 16.0 Å². The normalized spacial score (nSPS) is 18.9. The average Bonchev–Trinajstić information content (AvgIpc) is 2.74. The summed E-state index contributed by atoms with van der Waals surface area (Å²) < 4.78 is 0.